The van der Waals surface area contributed by atoms with E-state index in [1.54, 1.807) is 0 Å². The van der Waals surface area contributed by atoms with Crippen molar-refractivity contribution in [2.45, 2.75) is 44.4 Å². The van der Waals surface area contributed by atoms with Gasteiger partial charge in [-0.1, -0.05) is 6.92 Å². The Labute approximate surface area is 107 Å². The first-order chi connectivity index (χ1) is 8.46. The Hall–Kier alpha value is -0.330. The van der Waals surface area contributed by atoms with E-state index in [9.17, 15) is 13.2 Å². The number of alkyl halides is 3. The van der Waals surface area contributed by atoms with Crippen LogP contribution in [0.1, 0.15) is 26.2 Å². The number of nitrogens with one attached hydrogen (secondary N) is 1. The molecule has 1 unspecified atom stereocenters. The topological polar surface area (TPSA) is 24.5 Å². The van der Waals surface area contributed by atoms with Crippen LogP contribution >= 0.6 is 0 Å². The number of nitrogens with zero attached hydrogens (tertiary/aromatic N) is 1. The monoisotopic (exact) mass is 268 g/mol. The molecule has 0 aromatic rings. The van der Waals surface area contributed by atoms with Gasteiger partial charge in [0.25, 0.3) is 0 Å². The van der Waals surface area contributed by atoms with Crippen molar-refractivity contribution in [1.29, 1.82) is 0 Å². The molecule has 0 aliphatic heterocycles. The highest BCUT2D eigenvalue weighted by atomic mass is 19.4. The van der Waals surface area contributed by atoms with Crippen LogP contribution in [0, 0.1) is 0 Å². The van der Waals surface area contributed by atoms with E-state index in [0.717, 1.165) is 12.8 Å². The summed E-state index contributed by atoms with van der Waals surface area (Å²) in [7, 11) is 1.53. The first kappa shape index (κ1) is 15.7. The number of hydrogen-bond acceptors (Lipinski definition) is 3. The first-order valence-corrected chi connectivity index (χ1v) is 6.49. The molecule has 1 aliphatic carbocycles. The molecule has 6 heteroatoms. The average molecular weight is 268 g/mol. The van der Waals surface area contributed by atoms with Crippen molar-refractivity contribution >= 4 is 0 Å². The molecule has 0 heterocycles. The Morgan fingerprint density at radius 1 is 1.39 bits per heavy atom. The Morgan fingerprint density at radius 3 is 2.50 bits per heavy atom. The fourth-order valence-electron chi connectivity index (χ4n) is 1.98. The molecule has 0 aromatic heterocycles. The van der Waals surface area contributed by atoms with Crippen molar-refractivity contribution in [3.05, 3.63) is 0 Å². The van der Waals surface area contributed by atoms with Crippen molar-refractivity contribution in [3.63, 3.8) is 0 Å². The van der Waals surface area contributed by atoms with Crippen molar-refractivity contribution in [2.75, 3.05) is 33.4 Å². The van der Waals surface area contributed by atoms with E-state index < -0.39 is 12.7 Å². The lowest BCUT2D eigenvalue weighted by molar-refractivity contribution is -0.152. The van der Waals surface area contributed by atoms with Crippen LogP contribution < -0.4 is 5.32 Å². The van der Waals surface area contributed by atoms with E-state index in [0.29, 0.717) is 32.2 Å². The Morgan fingerprint density at radius 2 is 2.06 bits per heavy atom. The van der Waals surface area contributed by atoms with Crippen LogP contribution in [0.4, 0.5) is 13.2 Å². The zero-order valence-electron chi connectivity index (χ0n) is 11.1. The minimum atomic E-state index is -4.15. The highest BCUT2D eigenvalue weighted by molar-refractivity contribution is 4.84. The average Bonchev–Trinajstić information content (AvgIpc) is 3.05. The summed E-state index contributed by atoms with van der Waals surface area (Å²) in [6, 6.07) is 0.288. The van der Waals surface area contributed by atoms with Crippen LogP contribution in [0.3, 0.4) is 0 Å². The Kier molecular flexibility index (Phi) is 6.38. The van der Waals surface area contributed by atoms with Gasteiger partial charge in [0.15, 0.2) is 0 Å². The SMILES string of the molecule is CCCN(CC(F)(F)F)C(CNC1CC1)COC. The summed E-state index contributed by atoms with van der Waals surface area (Å²) in [5.41, 5.74) is 0. The molecule has 0 bridgehead atoms. The highest BCUT2D eigenvalue weighted by Crippen LogP contribution is 2.21. The molecular formula is C12H23F3N2O. The van der Waals surface area contributed by atoms with Crippen LogP contribution in [-0.2, 0) is 4.74 Å². The molecule has 0 radical (unpaired) electrons. The molecule has 0 aromatic carbocycles. The van der Waals surface area contributed by atoms with Gasteiger partial charge in [-0.3, -0.25) is 4.90 Å². The first-order valence-electron chi connectivity index (χ1n) is 6.49. The van der Waals surface area contributed by atoms with Crippen LogP contribution in [0.15, 0.2) is 0 Å². The van der Waals surface area contributed by atoms with Gasteiger partial charge in [0.1, 0.15) is 0 Å². The van der Waals surface area contributed by atoms with Crippen LogP contribution in [-0.4, -0.2) is 56.5 Å². The lowest BCUT2D eigenvalue weighted by atomic mass is 10.2. The quantitative estimate of drug-likeness (QED) is 0.692. The predicted molar refractivity (Wildman–Crippen MR) is 64.6 cm³/mol. The fourth-order valence-corrected chi connectivity index (χ4v) is 1.98. The van der Waals surface area contributed by atoms with Crippen molar-refractivity contribution < 1.29 is 17.9 Å². The summed E-state index contributed by atoms with van der Waals surface area (Å²) in [5.74, 6) is 0. The minimum Gasteiger partial charge on any atom is -0.383 e. The molecule has 1 saturated carbocycles. The molecule has 0 amide bonds. The number of methoxy groups -OCH3 is 1. The highest BCUT2D eigenvalue weighted by Gasteiger charge is 2.34. The molecule has 1 rings (SSSR count). The number of halogens is 3. The van der Waals surface area contributed by atoms with Crippen molar-refractivity contribution in [1.82, 2.24) is 10.2 Å². The summed E-state index contributed by atoms with van der Waals surface area (Å²) in [6.07, 6.45) is -1.18. The maximum Gasteiger partial charge on any atom is 0.401 e. The second-order valence-corrected chi connectivity index (χ2v) is 4.88. The number of ether oxygens (including phenoxy) is 1. The molecule has 0 saturated heterocycles. The van der Waals surface area contributed by atoms with Gasteiger partial charge >= 0.3 is 6.18 Å². The van der Waals surface area contributed by atoms with Gasteiger partial charge in [0, 0.05) is 25.7 Å². The zero-order chi connectivity index (χ0) is 13.6. The molecule has 0 spiro atoms. The summed E-state index contributed by atoms with van der Waals surface area (Å²) in [5, 5.41) is 3.28. The summed E-state index contributed by atoms with van der Waals surface area (Å²) < 4.78 is 42.7. The lowest BCUT2D eigenvalue weighted by Crippen LogP contribution is -2.49. The van der Waals surface area contributed by atoms with E-state index in [1.807, 2.05) is 6.92 Å². The molecule has 1 aliphatic rings. The standard InChI is InChI=1S/C12H23F3N2O/c1-3-6-17(9-12(13,14)15)11(8-18-2)7-16-10-4-5-10/h10-11,16H,3-9H2,1-2H3. The zero-order valence-corrected chi connectivity index (χ0v) is 11.1. The van der Waals surface area contributed by atoms with Crippen LogP contribution in [0.2, 0.25) is 0 Å². The molecule has 1 N–H and O–H groups in total. The minimum absolute atomic E-state index is 0.211. The molecule has 1 atom stereocenters. The predicted octanol–water partition coefficient (Wildman–Crippen LogP) is 2.03. The number of hydrogen-bond donors (Lipinski definition) is 1. The van der Waals surface area contributed by atoms with Crippen molar-refractivity contribution in [3.8, 4) is 0 Å². The lowest BCUT2D eigenvalue weighted by Gasteiger charge is -2.32. The van der Waals surface area contributed by atoms with E-state index in [2.05, 4.69) is 5.32 Å². The fraction of sp³-hybridized carbons (Fsp3) is 1.00. The largest absolute Gasteiger partial charge is 0.401 e. The normalized spacial score (nSPS) is 18.3. The molecular weight excluding hydrogens is 245 g/mol. The smallest absolute Gasteiger partial charge is 0.383 e. The van der Waals surface area contributed by atoms with E-state index in [4.69, 9.17) is 4.74 Å². The maximum absolute atomic E-state index is 12.5. The van der Waals surface area contributed by atoms with Crippen molar-refractivity contribution in [2.24, 2.45) is 0 Å². The van der Waals surface area contributed by atoms with Gasteiger partial charge in [0.2, 0.25) is 0 Å². The van der Waals surface area contributed by atoms with Crippen LogP contribution in [0.25, 0.3) is 0 Å². The summed E-state index contributed by atoms with van der Waals surface area (Å²) in [6.45, 7) is 2.37. The molecule has 3 nitrogen and oxygen atoms in total. The molecule has 18 heavy (non-hydrogen) atoms. The van der Waals surface area contributed by atoms with Crippen LogP contribution in [0.5, 0.6) is 0 Å². The maximum atomic E-state index is 12.5. The third-order valence-corrected chi connectivity index (χ3v) is 2.99. The summed E-state index contributed by atoms with van der Waals surface area (Å²) in [4.78, 5) is 1.47. The van der Waals surface area contributed by atoms with Gasteiger partial charge in [-0.25, -0.2) is 0 Å². The second kappa shape index (κ2) is 7.31. The Balaban J connectivity index is 2.50. The third kappa shape index (κ3) is 6.56. The second-order valence-electron chi connectivity index (χ2n) is 4.88. The van der Waals surface area contributed by atoms with Gasteiger partial charge in [-0.05, 0) is 25.8 Å². The Bertz CT molecular complexity index is 232. The van der Waals surface area contributed by atoms with E-state index in [1.165, 1.54) is 12.0 Å². The number of rotatable bonds is 9. The van der Waals surface area contributed by atoms with Gasteiger partial charge in [0.05, 0.1) is 13.2 Å². The molecule has 108 valence electrons. The van der Waals surface area contributed by atoms with E-state index >= 15 is 0 Å². The van der Waals surface area contributed by atoms with Gasteiger partial charge in [-0.15, -0.1) is 0 Å². The van der Waals surface area contributed by atoms with E-state index in [-0.39, 0.29) is 6.04 Å². The van der Waals surface area contributed by atoms with Gasteiger partial charge in [-0.2, -0.15) is 13.2 Å². The van der Waals surface area contributed by atoms with Gasteiger partial charge < -0.3 is 10.1 Å². The molecule has 1 fully saturated rings. The third-order valence-electron chi connectivity index (χ3n) is 2.99. The summed E-state index contributed by atoms with van der Waals surface area (Å²) >= 11 is 0.